The van der Waals surface area contributed by atoms with Crippen LogP contribution in [-0.4, -0.2) is 42.5 Å². The number of rotatable bonds is 3. The molecule has 2 aliphatic heterocycles. The van der Waals surface area contributed by atoms with E-state index in [1.807, 2.05) is 4.90 Å². The Labute approximate surface area is 128 Å². The van der Waals surface area contributed by atoms with Gasteiger partial charge in [-0.25, -0.2) is 0 Å². The Kier molecular flexibility index (Phi) is 4.26. The lowest BCUT2D eigenvalue weighted by molar-refractivity contribution is 0.0293. The highest BCUT2D eigenvalue weighted by Gasteiger charge is 2.31. The van der Waals surface area contributed by atoms with Crippen molar-refractivity contribution in [2.45, 2.75) is 31.8 Å². The lowest BCUT2D eigenvalue weighted by Crippen LogP contribution is -2.40. The predicted octanol–water partition coefficient (Wildman–Crippen LogP) is 1.88. The normalized spacial score (nSPS) is 23.4. The van der Waals surface area contributed by atoms with E-state index in [0.29, 0.717) is 21.8 Å². The monoisotopic (exact) mass is 308 g/mol. The minimum atomic E-state index is -0.476. The van der Waals surface area contributed by atoms with Gasteiger partial charge in [0.2, 0.25) is 0 Å². The maximum Gasteiger partial charge on any atom is 0.263 e. The first-order valence-electron chi connectivity index (χ1n) is 7.45. The van der Waals surface area contributed by atoms with E-state index in [2.05, 4.69) is 0 Å². The van der Waals surface area contributed by atoms with Crippen LogP contribution in [-0.2, 0) is 4.74 Å². The summed E-state index contributed by atoms with van der Waals surface area (Å²) in [6.07, 6.45) is 4.72. The molecule has 0 bridgehead atoms. The smallest absolute Gasteiger partial charge is 0.263 e. The Morgan fingerprint density at radius 2 is 1.90 bits per heavy atom. The number of carbonyl (C=O) groups excluding carboxylic acids is 2. The summed E-state index contributed by atoms with van der Waals surface area (Å²) < 4.78 is 5.75. The summed E-state index contributed by atoms with van der Waals surface area (Å²) in [7, 11) is 0. The summed E-state index contributed by atoms with van der Waals surface area (Å²) >= 11 is 1.18. The van der Waals surface area contributed by atoms with Crippen LogP contribution in [0.4, 0.5) is 0 Å². The third kappa shape index (κ3) is 3.11. The van der Waals surface area contributed by atoms with E-state index in [0.717, 1.165) is 45.4 Å². The van der Waals surface area contributed by atoms with Gasteiger partial charge in [0.1, 0.15) is 0 Å². The van der Waals surface area contributed by atoms with Crippen LogP contribution in [0.3, 0.4) is 0 Å². The van der Waals surface area contributed by atoms with Gasteiger partial charge in [0, 0.05) is 19.7 Å². The molecule has 0 spiro atoms. The SMILES string of the molecule is NC(=O)c1ccc(C(=O)N2CCC(C3CCCO3)CC2)s1. The molecule has 2 aliphatic rings. The van der Waals surface area contributed by atoms with Crippen molar-refractivity contribution in [3.8, 4) is 0 Å². The minimum Gasteiger partial charge on any atom is -0.378 e. The first kappa shape index (κ1) is 14.5. The van der Waals surface area contributed by atoms with Crippen molar-refractivity contribution in [3.05, 3.63) is 21.9 Å². The fraction of sp³-hybridized carbons (Fsp3) is 0.600. The molecule has 0 aliphatic carbocycles. The summed E-state index contributed by atoms with van der Waals surface area (Å²) in [5.41, 5.74) is 5.23. The Morgan fingerprint density at radius 1 is 1.19 bits per heavy atom. The molecular weight excluding hydrogens is 288 g/mol. The first-order valence-corrected chi connectivity index (χ1v) is 8.27. The highest BCUT2D eigenvalue weighted by Crippen LogP contribution is 2.30. The van der Waals surface area contributed by atoms with Gasteiger partial charge >= 0.3 is 0 Å². The van der Waals surface area contributed by atoms with Gasteiger partial charge < -0.3 is 15.4 Å². The van der Waals surface area contributed by atoms with E-state index >= 15 is 0 Å². The maximum atomic E-state index is 12.4. The molecule has 5 nitrogen and oxygen atoms in total. The summed E-state index contributed by atoms with van der Waals surface area (Å²) in [6.45, 7) is 2.43. The molecule has 6 heteroatoms. The molecular formula is C15H20N2O3S. The second kappa shape index (κ2) is 6.15. The number of likely N-dealkylation sites (tertiary alicyclic amines) is 1. The van der Waals surface area contributed by atoms with Gasteiger partial charge in [-0.15, -0.1) is 11.3 Å². The van der Waals surface area contributed by atoms with Crippen molar-refractivity contribution in [2.75, 3.05) is 19.7 Å². The number of hydrogen-bond donors (Lipinski definition) is 1. The summed E-state index contributed by atoms with van der Waals surface area (Å²) in [5.74, 6) is 0.121. The molecule has 3 heterocycles. The number of amides is 2. The summed E-state index contributed by atoms with van der Waals surface area (Å²) in [4.78, 5) is 26.4. The molecule has 1 aromatic rings. The number of primary amides is 1. The lowest BCUT2D eigenvalue weighted by atomic mass is 9.90. The number of ether oxygens (including phenoxy) is 1. The van der Waals surface area contributed by atoms with E-state index in [-0.39, 0.29) is 5.91 Å². The molecule has 0 saturated carbocycles. The summed E-state index contributed by atoms with van der Waals surface area (Å²) in [5, 5.41) is 0. The molecule has 2 N–H and O–H groups in total. The average molecular weight is 308 g/mol. The van der Waals surface area contributed by atoms with Crippen molar-refractivity contribution in [1.82, 2.24) is 4.90 Å². The van der Waals surface area contributed by atoms with E-state index in [1.165, 1.54) is 11.3 Å². The Balaban J connectivity index is 1.58. The third-order valence-electron chi connectivity index (χ3n) is 4.38. The van der Waals surface area contributed by atoms with Crippen LogP contribution in [0.15, 0.2) is 12.1 Å². The molecule has 2 saturated heterocycles. The van der Waals surface area contributed by atoms with Gasteiger partial charge in [-0.2, -0.15) is 0 Å². The lowest BCUT2D eigenvalue weighted by Gasteiger charge is -2.34. The Hall–Kier alpha value is -1.40. The fourth-order valence-electron chi connectivity index (χ4n) is 3.19. The Bertz CT molecular complexity index is 529. The molecule has 0 aromatic carbocycles. The summed E-state index contributed by atoms with van der Waals surface area (Å²) in [6, 6.07) is 3.32. The van der Waals surface area contributed by atoms with E-state index < -0.39 is 5.91 Å². The third-order valence-corrected chi connectivity index (χ3v) is 5.46. The molecule has 2 fully saturated rings. The van der Waals surface area contributed by atoms with Crippen LogP contribution < -0.4 is 5.73 Å². The highest BCUT2D eigenvalue weighted by molar-refractivity contribution is 7.15. The standard InChI is InChI=1S/C15H20N2O3S/c16-14(18)12-3-4-13(21-12)15(19)17-7-5-10(6-8-17)11-2-1-9-20-11/h3-4,10-11H,1-2,5-9H2,(H2,16,18). The minimum absolute atomic E-state index is 0.0123. The van der Waals surface area contributed by atoms with Crippen LogP contribution in [0.1, 0.15) is 45.0 Å². The molecule has 0 radical (unpaired) electrons. The molecule has 1 aromatic heterocycles. The van der Waals surface area contributed by atoms with E-state index in [4.69, 9.17) is 10.5 Å². The quantitative estimate of drug-likeness (QED) is 0.926. The van der Waals surface area contributed by atoms with Gasteiger partial charge in [-0.05, 0) is 43.7 Å². The zero-order valence-corrected chi connectivity index (χ0v) is 12.7. The molecule has 21 heavy (non-hydrogen) atoms. The van der Waals surface area contributed by atoms with Crippen molar-refractivity contribution < 1.29 is 14.3 Å². The molecule has 1 atom stereocenters. The molecule has 114 valence electrons. The van der Waals surface area contributed by atoms with Crippen molar-refractivity contribution in [2.24, 2.45) is 11.7 Å². The van der Waals surface area contributed by atoms with Crippen LogP contribution in [0.2, 0.25) is 0 Å². The largest absolute Gasteiger partial charge is 0.378 e. The number of nitrogens with zero attached hydrogens (tertiary/aromatic N) is 1. The molecule has 1 unspecified atom stereocenters. The van der Waals surface area contributed by atoms with Crippen LogP contribution in [0.25, 0.3) is 0 Å². The zero-order valence-electron chi connectivity index (χ0n) is 11.9. The topological polar surface area (TPSA) is 72.6 Å². The highest BCUT2D eigenvalue weighted by atomic mass is 32.1. The van der Waals surface area contributed by atoms with Crippen LogP contribution in [0.5, 0.6) is 0 Å². The van der Waals surface area contributed by atoms with Crippen LogP contribution >= 0.6 is 11.3 Å². The molecule has 2 amide bonds. The second-order valence-corrected chi connectivity index (χ2v) is 6.79. The number of piperidine rings is 1. The number of carbonyl (C=O) groups is 2. The zero-order chi connectivity index (χ0) is 14.8. The average Bonchev–Trinajstić information content (AvgIpc) is 3.18. The fourth-order valence-corrected chi connectivity index (χ4v) is 4.02. The molecule has 3 rings (SSSR count). The second-order valence-electron chi connectivity index (χ2n) is 5.71. The van der Waals surface area contributed by atoms with Gasteiger partial charge in [0.15, 0.2) is 0 Å². The van der Waals surface area contributed by atoms with Gasteiger partial charge in [-0.3, -0.25) is 9.59 Å². The van der Waals surface area contributed by atoms with Crippen LogP contribution in [0, 0.1) is 5.92 Å². The van der Waals surface area contributed by atoms with E-state index in [1.54, 1.807) is 12.1 Å². The maximum absolute atomic E-state index is 12.4. The van der Waals surface area contributed by atoms with Crippen molar-refractivity contribution in [1.29, 1.82) is 0 Å². The number of thiophene rings is 1. The number of nitrogens with two attached hydrogens (primary N) is 1. The van der Waals surface area contributed by atoms with Gasteiger partial charge in [0.25, 0.3) is 11.8 Å². The van der Waals surface area contributed by atoms with Gasteiger partial charge in [0.05, 0.1) is 15.9 Å². The van der Waals surface area contributed by atoms with E-state index in [9.17, 15) is 9.59 Å². The van der Waals surface area contributed by atoms with Crippen molar-refractivity contribution in [3.63, 3.8) is 0 Å². The number of hydrogen-bond acceptors (Lipinski definition) is 4. The Morgan fingerprint density at radius 3 is 2.48 bits per heavy atom. The first-order chi connectivity index (χ1) is 10.1. The predicted molar refractivity (Wildman–Crippen MR) is 80.4 cm³/mol. The van der Waals surface area contributed by atoms with Crippen molar-refractivity contribution >= 4 is 23.2 Å². The van der Waals surface area contributed by atoms with Gasteiger partial charge in [-0.1, -0.05) is 0 Å².